The summed E-state index contributed by atoms with van der Waals surface area (Å²) in [7, 11) is 0. The maximum absolute atomic E-state index is 13.2. The van der Waals surface area contributed by atoms with E-state index in [-0.39, 0.29) is 17.3 Å². The Morgan fingerprint density at radius 2 is 1.86 bits per heavy atom. The van der Waals surface area contributed by atoms with Gasteiger partial charge >= 0.3 is 0 Å². The van der Waals surface area contributed by atoms with Gasteiger partial charge in [0.15, 0.2) is 5.84 Å². The van der Waals surface area contributed by atoms with Crippen molar-refractivity contribution in [2.45, 2.75) is 57.9 Å². The molecule has 3 N–H and O–H groups in total. The van der Waals surface area contributed by atoms with Gasteiger partial charge in [0.1, 0.15) is 5.41 Å². The molecule has 1 saturated heterocycles. The molecular formula is C15H27N3O3. The molecule has 2 rings (SSSR count). The number of nitrogens with two attached hydrogens (primary N) is 1. The minimum Gasteiger partial charge on any atom is -0.409 e. The summed E-state index contributed by atoms with van der Waals surface area (Å²) in [4.78, 5) is 15.1. The summed E-state index contributed by atoms with van der Waals surface area (Å²) < 4.78 is 5.49. The number of ether oxygens (including phenoxy) is 1. The molecule has 0 bridgehead atoms. The number of amidine groups is 1. The zero-order valence-electron chi connectivity index (χ0n) is 13.1. The highest BCUT2D eigenvalue weighted by Crippen LogP contribution is 2.39. The van der Waals surface area contributed by atoms with Crippen LogP contribution in [0.4, 0.5) is 0 Å². The van der Waals surface area contributed by atoms with E-state index in [4.69, 9.17) is 10.5 Å². The molecule has 2 fully saturated rings. The monoisotopic (exact) mass is 297 g/mol. The molecule has 0 radical (unpaired) electrons. The Morgan fingerprint density at radius 1 is 1.24 bits per heavy atom. The van der Waals surface area contributed by atoms with Gasteiger partial charge in [-0.1, -0.05) is 30.8 Å². The maximum atomic E-state index is 13.2. The zero-order valence-corrected chi connectivity index (χ0v) is 13.1. The molecule has 0 unspecified atom stereocenters. The first-order chi connectivity index (χ1) is 9.94. The van der Waals surface area contributed by atoms with Crippen molar-refractivity contribution < 1.29 is 14.7 Å². The fraction of sp³-hybridized carbons (Fsp3) is 0.867. The van der Waals surface area contributed by atoms with Crippen molar-refractivity contribution in [3.8, 4) is 0 Å². The first-order valence-electron chi connectivity index (χ1n) is 7.82. The topological polar surface area (TPSA) is 88.2 Å². The van der Waals surface area contributed by atoms with Crippen LogP contribution >= 0.6 is 0 Å². The third kappa shape index (κ3) is 3.00. The summed E-state index contributed by atoms with van der Waals surface area (Å²) in [5, 5.41) is 12.4. The highest BCUT2D eigenvalue weighted by Gasteiger charge is 2.49. The second kappa shape index (κ2) is 6.22. The lowest BCUT2D eigenvalue weighted by atomic mass is 9.76. The van der Waals surface area contributed by atoms with E-state index in [1.54, 1.807) is 0 Å². The van der Waals surface area contributed by atoms with Gasteiger partial charge in [-0.15, -0.1) is 0 Å². The number of amides is 1. The van der Waals surface area contributed by atoms with Crippen LogP contribution in [0.2, 0.25) is 0 Å². The quantitative estimate of drug-likeness (QED) is 0.267. The van der Waals surface area contributed by atoms with E-state index >= 15 is 0 Å². The normalized spacial score (nSPS) is 26.2. The number of carbonyl (C=O) groups is 1. The van der Waals surface area contributed by atoms with E-state index < -0.39 is 5.41 Å². The van der Waals surface area contributed by atoms with E-state index in [1.165, 1.54) is 0 Å². The molecule has 0 spiro atoms. The van der Waals surface area contributed by atoms with Gasteiger partial charge in [-0.2, -0.15) is 0 Å². The lowest BCUT2D eigenvalue weighted by Gasteiger charge is -2.46. The number of hydrogen-bond acceptors (Lipinski definition) is 4. The zero-order chi connectivity index (χ0) is 15.5. The van der Waals surface area contributed by atoms with Crippen LogP contribution in [-0.4, -0.2) is 47.1 Å². The molecule has 1 amide bonds. The smallest absolute Gasteiger partial charge is 0.237 e. The average molecular weight is 297 g/mol. The molecule has 1 aliphatic heterocycles. The summed E-state index contributed by atoms with van der Waals surface area (Å²) >= 11 is 0. The molecule has 6 nitrogen and oxygen atoms in total. The molecule has 0 atom stereocenters. The minimum absolute atomic E-state index is 0.00648. The van der Waals surface area contributed by atoms with E-state index in [2.05, 4.69) is 5.16 Å². The number of rotatable bonds is 2. The molecule has 1 aliphatic carbocycles. The maximum Gasteiger partial charge on any atom is 0.237 e. The predicted molar refractivity (Wildman–Crippen MR) is 80.2 cm³/mol. The van der Waals surface area contributed by atoms with Crippen LogP contribution in [-0.2, 0) is 9.53 Å². The Hall–Kier alpha value is -1.30. The average Bonchev–Trinajstić information content (AvgIpc) is 2.72. The van der Waals surface area contributed by atoms with Crippen LogP contribution in [0, 0.1) is 5.41 Å². The van der Waals surface area contributed by atoms with Crippen LogP contribution in [0.3, 0.4) is 0 Å². The Kier molecular flexibility index (Phi) is 4.76. The standard InChI is InChI=1S/C15H27N3O3/c1-14(2)11-21-10-9-18(14)13(19)15(12(16)17-20)7-5-3-4-6-8-15/h20H,3-11H2,1-2H3,(H2,16,17). The molecule has 6 heteroatoms. The van der Waals surface area contributed by atoms with Gasteiger partial charge in [0.05, 0.1) is 18.8 Å². The molecule has 0 aromatic rings. The molecular weight excluding hydrogens is 270 g/mol. The first kappa shape index (κ1) is 16.1. The third-order valence-electron chi connectivity index (χ3n) is 4.85. The summed E-state index contributed by atoms with van der Waals surface area (Å²) in [6.45, 7) is 5.63. The first-order valence-corrected chi connectivity index (χ1v) is 7.82. The summed E-state index contributed by atoms with van der Waals surface area (Å²) in [6.07, 6.45) is 5.39. The third-order valence-corrected chi connectivity index (χ3v) is 4.85. The second-order valence-electron chi connectivity index (χ2n) is 6.80. The highest BCUT2D eigenvalue weighted by atomic mass is 16.5. The SMILES string of the molecule is CC1(C)COCCN1C(=O)C1(C(N)=NO)CCCCCC1. The highest BCUT2D eigenvalue weighted by molar-refractivity contribution is 6.07. The van der Waals surface area contributed by atoms with E-state index in [1.807, 2.05) is 18.7 Å². The largest absolute Gasteiger partial charge is 0.409 e. The molecule has 21 heavy (non-hydrogen) atoms. The van der Waals surface area contributed by atoms with E-state index in [0.717, 1.165) is 25.7 Å². The van der Waals surface area contributed by atoms with Crippen molar-refractivity contribution >= 4 is 11.7 Å². The molecule has 1 saturated carbocycles. The number of hydrogen-bond donors (Lipinski definition) is 2. The molecule has 2 aliphatic rings. The van der Waals surface area contributed by atoms with Gasteiger partial charge in [-0.3, -0.25) is 4.79 Å². The number of nitrogens with zero attached hydrogens (tertiary/aromatic N) is 2. The van der Waals surface area contributed by atoms with Crippen molar-refractivity contribution in [2.75, 3.05) is 19.8 Å². The summed E-state index contributed by atoms with van der Waals surface area (Å²) in [5.74, 6) is 0.0599. The number of morpholine rings is 1. The lowest BCUT2D eigenvalue weighted by Crippen LogP contribution is -2.61. The van der Waals surface area contributed by atoms with Crippen molar-refractivity contribution in [3.63, 3.8) is 0 Å². The van der Waals surface area contributed by atoms with Gasteiger partial charge < -0.3 is 20.6 Å². The Morgan fingerprint density at radius 3 is 2.38 bits per heavy atom. The molecule has 1 heterocycles. The van der Waals surface area contributed by atoms with Gasteiger partial charge in [0.2, 0.25) is 5.91 Å². The van der Waals surface area contributed by atoms with Crippen molar-refractivity contribution in [3.05, 3.63) is 0 Å². The number of oxime groups is 1. The molecule has 120 valence electrons. The van der Waals surface area contributed by atoms with Gasteiger partial charge in [-0.25, -0.2) is 0 Å². The van der Waals surface area contributed by atoms with E-state index in [9.17, 15) is 10.0 Å². The summed E-state index contributed by atoms with van der Waals surface area (Å²) in [5.41, 5.74) is 4.77. The van der Waals surface area contributed by atoms with Crippen molar-refractivity contribution in [2.24, 2.45) is 16.3 Å². The minimum atomic E-state index is -0.847. The fourth-order valence-electron chi connectivity index (χ4n) is 3.50. The van der Waals surface area contributed by atoms with Crippen molar-refractivity contribution in [1.82, 2.24) is 4.90 Å². The van der Waals surface area contributed by atoms with Crippen molar-refractivity contribution in [1.29, 1.82) is 0 Å². The van der Waals surface area contributed by atoms with Crippen LogP contribution < -0.4 is 5.73 Å². The van der Waals surface area contributed by atoms with Crippen LogP contribution in [0.1, 0.15) is 52.4 Å². The molecule has 0 aromatic carbocycles. The Balaban J connectivity index is 2.33. The predicted octanol–water partition coefficient (Wildman–Crippen LogP) is 1.71. The number of carbonyl (C=O) groups excluding carboxylic acids is 1. The Labute approximate surface area is 126 Å². The summed E-state index contributed by atoms with van der Waals surface area (Å²) in [6, 6.07) is 0. The molecule has 0 aromatic heterocycles. The van der Waals surface area contributed by atoms with E-state index in [0.29, 0.717) is 32.6 Å². The van der Waals surface area contributed by atoms with Gasteiger partial charge in [-0.05, 0) is 26.7 Å². The van der Waals surface area contributed by atoms with Crippen LogP contribution in [0.25, 0.3) is 0 Å². The van der Waals surface area contributed by atoms with Crippen LogP contribution in [0.15, 0.2) is 5.16 Å². The lowest BCUT2D eigenvalue weighted by molar-refractivity contribution is -0.154. The van der Waals surface area contributed by atoms with Gasteiger partial charge in [0.25, 0.3) is 0 Å². The fourth-order valence-corrected chi connectivity index (χ4v) is 3.50. The Bertz CT molecular complexity index is 412. The second-order valence-corrected chi connectivity index (χ2v) is 6.80. The van der Waals surface area contributed by atoms with Crippen LogP contribution in [0.5, 0.6) is 0 Å². The van der Waals surface area contributed by atoms with Gasteiger partial charge in [0, 0.05) is 6.54 Å².